The molecule has 0 atom stereocenters. The maximum Gasteiger partial charge on any atom is 0.269 e. The second-order valence-electron chi connectivity index (χ2n) is 22.7. The minimum atomic E-state index is -4.69. The second kappa shape index (κ2) is 18.4. The molecule has 0 bridgehead atoms. The van der Waals surface area contributed by atoms with Crippen LogP contribution in [0.3, 0.4) is 0 Å². The van der Waals surface area contributed by atoms with E-state index in [2.05, 4.69) is 27.1 Å². The van der Waals surface area contributed by atoms with Gasteiger partial charge in [0.05, 0.1) is 48.5 Å². The molecule has 0 fully saturated rings. The van der Waals surface area contributed by atoms with Crippen LogP contribution in [0, 0.1) is 6.33 Å². The molecule has 0 saturated carbocycles. The Balaban J connectivity index is 1.16. The van der Waals surface area contributed by atoms with Gasteiger partial charge in [-0.05, 0) is 167 Å². The molecule has 4 heterocycles. The summed E-state index contributed by atoms with van der Waals surface area (Å²) >= 11 is 0. The fourth-order valence-electron chi connectivity index (χ4n) is 11.2. The third kappa shape index (κ3) is 8.42. The molecule has 14 rings (SSSR count). The lowest BCUT2D eigenvalue weighted by molar-refractivity contribution is -0.570. The average molecular weight is 1080 g/mol. The van der Waals surface area contributed by atoms with Crippen LogP contribution in [-0.2, 0) is 21.7 Å². The standard InChI is InChI=1S/C76H68N4O/c1-73(2,3)51-32-29-48(30-33-51)56-26-18-27-63-59-23-13-11-21-57(59)58-22-12-14-24-60(58)64-41-50(49-31-36-65-66(42-49)76(9,10)39-38-75(65,7)8)43-69-72(64)79(71(56)63)47-78(69)53-19-17-20-54(45-53)81-55-34-35-62-61-25-15-16-28-67(61)80(68(62)46-55)70-44-52(37-40-77-70)74(4,5)6/h11-37,40-46H,38-39H2,1-10H3/i7D3,8D3,9D3,10D3,11D,12D,13D,14D,21D,22D,23D,24D,31D,36D,38D2,39D2,42D. The molecule has 5 nitrogen and oxygen atoms in total. The van der Waals surface area contributed by atoms with Crippen molar-refractivity contribution >= 4 is 32.8 Å². The summed E-state index contributed by atoms with van der Waals surface area (Å²) in [5.74, 6) is 1.18. The smallest absolute Gasteiger partial charge is 0.269 e. The summed E-state index contributed by atoms with van der Waals surface area (Å²) in [4.78, 5) is 4.84. The van der Waals surface area contributed by atoms with Crippen molar-refractivity contribution in [2.45, 2.75) is 103 Å². The Bertz CT molecular complexity index is 5820. The summed E-state index contributed by atoms with van der Waals surface area (Å²) in [7, 11) is 0. The summed E-state index contributed by atoms with van der Waals surface area (Å²) < 4.78 is 266. The number of pyridine rings is 1. The van der Waals surface area contributed by atoms with E-state index in [0.717, 1.165) is 39.0 Å². The molecular weight excluding hydrogens is 985 g/mol. The lowest BCUT2D eigenvalue weighted by atomic mass is 9.63. The highest BCUT2D eigenvalue weighted by molar-refractivity contribution is 6.09. The molecule has 1 aliphatic heterocycles. The highest BCUT2D eigenvalue weighted by Gasteiger charge is 2.37. The molecule has 9 aromatic carbocycles. The fraction of sp³-hybridized carbons (Fsp3) is 0.211. The number of hydrogen-bond donors (Lipinski definition) is 0. The number of ether oxygens (including phenoxy) is 1. The SMILES string of the molecule is [2H]c1c([2H])c([2H])c2c(c1[2H])-c1cccc(-c3ccc(C(C)(C)C)cc3)c1-[n+]1[c-]n(-c3cccc(Oc4ccc5c6ccccc6n(-c6cc(C(C)(C)C)ccn6)c5c4)c3)c3cc(-c4c([2H])c([2H])c5c(c4[2H])C(C([2H])([2H])[2H])(C([2H])([2H])[2H])C([2H])([2H])C([2H])([2H])C5(C([2H])([2H])[2H])C([2H])([2H])[2H])cc(c31)-c1c([2H])c([2H])c([2H])c([2H])c1-2. The maximum atomic E-state index is 10.4. The highest BCUT2D eigenvalue weighted by atomic mass is 16.5. The first kappa shape index (κ1) is 29.1. The van der Waals surface area contributed by atoms with E-state index in [-0.39, 0.29) is 55.7 Å². The number of imidazole rings is 1. The number of rotatable bonds is 6. The van der Waals surface area contributed by atoms with E-state index >= 15 is 0 Å². The van der Waals surface area contributed by atoms with Crippen LogP contribution in [0.1, 0.15) is 141 Å². The van der Waals surface area contributed by atoms with Gasteiger partial charge in [-0.3, -0.25) is 13.7 Å². The summed E-state index contributed by atoms with van der Waals surface area (Å²) in [5, 5.41) is 1.81. The van der Waals surface area contributed by atoms with E-state index in [0.29, 0.717) is 22.7 Å². The van der Waals surface area contributed by atoms with Crippen molar-refractivity contribution in [3.8, 4) is 84.3 Å². The van der Waals surface area contributed by atoms with Gasteiger partial charge in [-0.2, -0.15) is 0 Å². The minimum absolute atomic E-state index is 0.0671. The third-order valence-electron chi connectivity index (χ3n) is 15.3. The molecule has 1 aliphatic carbocycles. The summed E-state index contributed by atoms with van der Waals surface area (Å²) in [6, 6.07) is 27.8. The van der Waals surface area contributed by atoms with E-state index in [9.17, 15) is 20.6 Å². The van der Waals surface area contributed by atoms with Crippen LogP contribution in [0.4, 0.5) is 0 Å². The Labute approximate surface area is 514 Å². The Hall–Kier alpha value is -8.80. The van der Waals surface area contributed by atoms with Crippen molar-refractivity contribution in [3.63, 3.8) is 0 Å². The summed E-state index contributed by atoms with van der Waals surface area (Å²) in [6.45, 7) is -5.19. The molecule has 5 heteroatoms. The van der Waals surface area contributed by atoms with Gasteiger partial charge in [0.1, 0.15) is 17.3 Å². The molecule has 81 heavy (non-hydrogen) atoms. The Morgan fingerprint density at radius 2 is 1.20 bits per heavy atom. The first-order valence-corrected chi connectivity index (χ1v) is 26.5. The molecule has 0 spiro atoms. The van der Waals surface area contributed by atoms with Crippen LogP contribution in [0.15, 0.2) is 206 Å². The van der Waals surface area contributed by atoms with Crippen LogP contribution in [-0.4, -0.2) is 14.1 Å². The molecule has 398 valence electrons. The molecule has 0 unspecified atom stereocenters. The van der Waals surface area contributed by atoms with Crippen molar-refractivity contribution in [1.82, 2.24) is 14.1 Å². The number of para-hydroxylation sites is 2. The van der Waals surface area contributed by atoms with Crippen molar-refractivity contribution < 1.29 is 46.3 Å². The molecule has 3 aromatic heterocycles. The highest BCUT2D eigenvalue weighted by Crippen LogP contribution is 2.50. The monoisotopic (exact) mass is 1080 g/mol. The normalized spacial score (nSPS) is 21.1. The van der Waals surface area contributed by atoms with Crippen molar-refractivity contribution in [3.05, 3.63) is 235 Å². The molecule has 2 aliphatic rings. The topological polar surface area (TPSA) is 35.9 Å². The fourth-order valence-corrected chi connectivity index (χ4v) is 11.2. The zero-order chi connectivity index (χ0) is 78.9. The summed E-state index contributed by atoms with van der Waals surface area (Å²) in [6.07, 6.45) is -4.10. The van der Waals surface area contributed by atoms with Gasteiger partial charge in [0.25, 0.3) is 6.33 Å². The number of nitrogens with zero attached hydrogens (tertiary/aromatic N) is 4. The Morgan fingerprint density at radius 1 is 0.543 bits per heavy atom. The molecular formula is C76H68N4O. The molecule has 12 aromatic rings. The van der Waals surface area contributed by atoms with E-state index in [1.807, 2.05) is 98.1 Å². The van der Waals surface area contributed by atoms with Gasteiger partial charge < -0.3 is 4.74 Å². The lowest BCUT2D eigenvalue weighted by Gasteiger charge is -2.42. The second-order valence-corrected chi connectivity index (χ2v) is 22.7. The largest absolute Gasteiger partial charge is 0.458 e. The van der Waals surface area contributed by atoms with E-state index in [1.54, 1.807) is 54.7 Å². The van der Waals surface area contributed by atoms with Crippen LogP contribution in [0.2, 0.25) is 0 Å². The van der Waals surface area contributed by atoms with Gasteiger partial charge in [0.2, 0.25) is 0 Å². The number of fused-ring (bicyclic) bond motifs is 11. The Morgan fingerprint density at radius 3 is 1.93 bits per heavy atom. The van der Waals surface area contributed by atoms with Crippen LogP contribution in [0.5, 0.6) is 11.5 Å². The summed E-state index contributed by atoms with van der Waals surface area (Å²) in [5.41, 5.74) is -12.0. The van der Waals surface area contributed by atoms with Gasteiger partial charge in [-0.25, -0.2) is 4.98 Å². The Kier molecular flexibility index (Phi) is 6.59. The third-order valence-corrected chi connectivity index (χ3v) is 15.3. The van der Waals surface area contributed by atoms with Gasteiger partial charge in [0, 0.05) is 45.0 Å². The average Bonchev–Trinajstić information content (AvgIpc) is 0.728. The first-order chi connectivity index (χ1) is 50.0. The van der Waals surface area contributed by atoms with Gasteiger partial charge in [-0.1, -0.05) is 208 Å². The van der Waals surface area contributed by atoms with Gasteiger partial charge in [0.15, 0.2) is 0 Å². The van der Waals surface area contributed by atoms with Crippen LogP contribution < -0.4 is 9.30 Å². The number of hydrogen-bond acceptors (Lipinski definition) is 2. The van der Waals surface area contributed by atoms with E-state index < -0.39 is 156 Å². The maximum absolute atomic E-state index is 10.4. The first-order valence-electron chi connectivity index (χ1n) is 40.0. The zero-order valence-electron chi connectivity index (χ0n) is 72.0. The van der Waals surface area contributed by atoms with Crippen LogP contribution >= 0.6 is 0 Å². The molecule has 0 N–H and O–H groups in total. The molecule has 0 amide bonds. The lowest BCUT2D eigenvalue weighted by Crippen LogP contribution is -2.33. The van der Waals surface area contributed by atoms with Crippen LogP contribution in [0.25, 0.3) is 106 Å². The number of benzene rings is 9. The van der Waals surface area contributed by atoms with Gasteiger partial charge in [-0.15, -0.1) is 0 Å². The van der Waals surface area contributed by atoms with Crippen molar-refractivity contribution in [2.24, 2.45) is 0 Å². The predicted molar refractivity (Wildman–Crippen MR) is 336 cm³/mol. The molecule has 0 saturated heterocycles. The van der Waals surface area contributed by atoms with E-state index in [1.165, 1.54) is 15.2 Å². The zero-order valence-corrected chi connectivity index (χ0v) is 45.0. The quantitative estimate of drug-likeness (QED) is 0.123. The molecule has 0 radical (unpaired) electrons. The van der Waals surface area contributed by atoms with Gasteiger partial charge >= 0.3 is 0 Å². The van der Waals surface area contributed by atoms with Crippen molar-refractivity contribution in [1.29, 1.82) is 0 Å². The minimum Gasteiger partial charge on any atom is -0.458 e. The van der Waals surface area contributed by atoms with E-state index in [4.69, 9.17) is 26.2 Å². The predicted octanol–water partition coefficient (Wildman–Crippen LogP) is 19.6. The van der Waals surface area contributed by atoms with Crippen molar-refractivity contribution in [2.75, 3.05) is 0 Å². The number of aromatic nitrogens is 4.